The highest BCUT2D eigenvalue weighted by molar-refractivity contribution is 7.89. The molecule has 4 N–H and O–H groups in total. The van der Waals surface area contributed by atoms with Crippen LogP contribution in [-0.2, 0) is 37.2 Å². The van der Waals surface area contributed by atoms with Gasteiger partial charge < -0.3 is 20.7 Å². The number of amides is 2. The molecule has 1 heterocycles. The van der Waals surface area contributed by atoms with Gasteiger partial charge in [0.1, 0.15) is 6.04 Å². The molecule has 0 aliphatic rings. The number of fused-ring (bicyclic) bond motifs is 1. The number of sulfonamides is 1. The summed E-state index contributed by atoms with van der Waals surface area (Å²) in [4.78, 5) is 41.7. The molecule has 0 spiro atoms. The first kappa shape index (κ1) is 37.3. The molecule has 262 valence electrons. The van der Waals surface area contributed by atoms with Gasteiger partial charge in [0.05, 0.1) is 11.3 Å². The summed E-state index contributed by atoms with van der Waals surface area (Å²) in [6.07, 6.45) is 3.94. The lowest BCUT2D eigenvalue weighted by atomic mass is 10.0. The first-order valence-corrected chi connectivity index (χ1v) is 18.3. The van der Waals surface area contributed by atoms with Crippen LogP contribution in [0.15, 0.2) is 90.0 Å². The molecule has 10 nitrogen and oxygen atoms in total. The van der Waals surface area contributed by atoms with Crippen LogP contribution in [0.1, 0.15) is 62.6 Å². The molecule has 0 radical (unpaired) electrons. The number of H-pyrrole nitrogens is 1. The number of carboxylic acid groups (broad SMARTS) is 1. The van der Waals surface area contributed by atoms with Gasteiger partial charge in [0, 0.05) is 49.1 Å². The number of hydrogen-bond donors (Lipinski definition) is 4. The molecule has 0 fully saturated rings. The summed E-state index contributed by atoms with van der Waals surface area (Å²) in [5, 5.41) is 16.6. The minimum atomic E-state index is -3.94. The average molecular weight is 689 g/mol. The summed E-state index contributed by atoms with van der Waals surface area (Å²) in [6.45, 7) is 6.15. The number of carbonyl (C=O) groups is 3. The van der Waals surface area contributed by atoms with Gasteiger partial charge in [-0.25, -0.2) is 8.42 Å². The molecule has 0 aliphatic carbocycles. The number of aromatic nitrogens is 1. The monoisotopic (exact) mass is 688 g/mol. The molecule has 0 aliphatic heterocycles. The first-order chi connectivity index (χ1) is 23.4. The number of hydrogen-bond acceptors (Lipinski definition) is 5. The number of carboxylic acids is 1. The predicted molar refractivity (Wildman–Crippen MR) is 192 cm³/mol. The zero-order chi connectivity index (χ0) is 35.4. The highest BCUT2D eigenvalue weighted by Crippen LogP contribution is 2.25. The summed E-state index contributed by atoms with van der Waals surface area (Å²) in [7, 11) is -3.94. The number of aryl methyl sites for hydroxylation is 2. The Bertz CT molecular complexity index is 1790. The minimum Gasteiger partial charge on any atom is -0.481 e. The van der Waals surface area contributed by atoms with E-state index in [1.54, 1.807) is 24.3 Å². The van der Waals surface area contributed by atoms with Crippen molar-refractivity contribution in [3.05, 3.63) is 102 Å². The fourth-order valence-electron chi connectivity index (χ4n) is 5.94. The van der Waals surface area contributed by atoms with Crippen LogP contribution in [-0.4, -0.2) is 65.8 Å². The molecular formula is C38H48N4O6S. The molecule has 4 aromatic rings. The van der Waals surface area contributed by atoms with Gasteiger partial charge in [0.25, 0.3) is 0 Å². The summed E-state index contributed by atoms with van der Waals surface area (Å²) < 4.78 is 28.8. The number of carbonyl (C=O) groups excluding carboxylic acids is 2. The van der Waals surface area contributed by atoms with Gasteiger partial charge in [-0.2, -0.15) is 4.31 Å². The van der Waals surface area contributed by atoms with Crippen LogP contribution in [0.3, 0.4) is 0 Å². The van der Waals surface area contributed by atoms with Crippen molar-refractivity contribution >= 4 is 38.7 Å². The van der Waals surface area contributed by atoms with Crippen LogP contribution >= 0.6 is 0 Å². The van der Waals surface area contributed by atoms with Gasteiger partial charge >= 0.3 is 5.97 Å². The third kappa shape index (κ3) is 11.0. The Labute approximate surface area is 289 Å². The van der Waals surface area contributed by atoms with Crippen molar-refractivity contribution in [2.75, 3.05) is 13.1 Å². The van der Waals surface area contributed by atoms with E-state index in [2.05, 4.69) is 15.6 Å². The fourth-order valence-corrected chi connectivity index (χ4v) is 7.75. The van der Waals surface area contributed by atoms with E-state index in [1.165, 1.54) is 4.31 Å². The van der Waals surface area contributed by atoms with Crippen LogP contribution in [0.25, 0.3) is 10.9 Å². The molecule has 2 amide bonds. The lowest BCUT2D eigenvalue weighted by Gasteiger charge is -2.31. The lowest BCUT2D eigenvalue weighted by Crippen LogP contribution is -2.48. The van der Waals surface area contributed by atoms with Crippen LogP contribution in [0, 0.1) is 12.8 Å². The van der Waals surface area contributed by atoms with Crippen molar-refractivity contribution in [2.24, 2.45) is 5.92 Å². The van der Waals surface area contributed by atoms with Gasteiger partial charge in [0.2, 0.25) is 21.8 Å². The number of unbranched alkanes of at least 4 members (excludes halogenated alkanes) is 1. The number of nitrogens with one attached hydrogen (secondary N) is 3. The smallest absolute Gasteiger partial charge is 0.304 e. The molecule has 11 heteroatoms. The molecule has 3 aromatic carbocycles. The molecular weight excluding hydrogens is 641 g/mol. The van der Waals surface area contributed by atoms with E-state index >= 15 is 0 Å². The molecule has 2 atom stereocenters. The molecule has 49 heavy (non-hydrogen) atoms. The van der Waals surface area contributed by atoms with E-state index in [4.69, 9.17) is 0 Å². The van der Waals surface area contributed by atoms with Crippen molar-refractivity contribution in [3.63, 3.8) is 0 Å². The summed E-state index contributed by atoms with van der Waals surface area (Å²) in [5.74, 6) is -1.63. The van der Waals surface area contributed by atoms with E-state index in [9.17, 15) is 27.9 Å². The number of aliphatic carboxylic acids is 1. The van der Waals surface area contributed by atoms with Crippen molar-refractivity contribution in [2.45, 2.75) is 82.7 Å². The normalized spacial score (nSPS) is 13.0. The Morgan fingerprint density at radius 2 is 1.61 bits per heavy atom. The van der Waals surface area contributed by atoms with Crippen LogP contribution in [0.5, 0.6) is 0 Å². The highest BCUT2D eigenvalue weighted by atomic mass is 32.2. The maximum absolute atomic E-state index is 13.7. The Hall–Kier alpha value is -4.48. The lowest BCUT2D eigenvalue weighted by molar-refractivity contribution is -0.138. The summed E-state index contributed by atoms with van der Waals surface area (Å²) >= 11 is 0. The molecule has 0 saturated carbocycles. The Morgan fingerprint density at radius 3 is 2.31 bits per heavy atom. The minimum absolute atomic E-state index is 0.0206. The van der Waals surface area contributed by atoms with Crippen molar-refractivity contribution in [3.8, 4) is 0 Å². The topological polar surface area (TPSA) is 149 Å². The van der Waals surface area contributed by atoms with Crippen LogP contribution < -0.4 is 10.6 Å². The molecule has 0 bridgehead atoms. The zero-order valence-corrected chi connectivity index (χ0v) is 29.3. The number of benzene rings is 3. The number of nitrogens with zero attached hydrogens (tertiary/aromatic N) is 1. The molecule has 1 aromatic heterocycles. The largest absolute Gasteiger partial charge is 0.481 e. The Morgan fingerprint density at radius 1 is 0.918 bits per heavy atom. The SMILES string of the molecule is Cc1ccc(S(=O)(=O)N(CC(C)C)[C@@H](CCCCNC(=O)[C@H](Cc2c[nH]c3ccccc23)NC(=O)CCc2ccccc2)CC(=O)O)cc1. The van der Waals surface area contributed by atoms with Gasteiger partial charge in [-0.15, -0.1) is 0 Å². The van der Waals surface area contributed by atoms with E-state index in [0.29, 0.717) is 32.1 Å². The van der Waals surface area contributed by atoms with Crippen molar-refractivity contribution in [1.82, 2.24) is 19.9 Å². The second-order valence-electron chi connectivity index (χ2n) is 13.0. The van der Waals surface area contributed by atoms with Gasteiger partial charge in [0.15, 0.2) is 0 Å². The van der Waals surface area contributed by atoms with Gasteiger partial charge in [-0.3, -0.25) is 14.4 Å². The quantitative estimate of drug-likeness (QED) is 0.0942. The van der Waals surface area contributed by atoms with Crippen molar-refractivity contribution < 1.29 is 27.9 Å². The van der Waals surface area contributed by atoms with Gasteiger partial charge in [-0.05, 0) is 61.4 Å². The second kappa shape index (κ2) is 17.8. The maximum Gasteiger partial charge on any atom is 0.304 e. The number of rotatable bonds is 19. The molecule has 0 saturated heterocycles. The zero-order valence-electron chi connectivity index (χ0n) is 28.5. The van der Waals surface area contributed by atoms with Gasteiger partial charge in [-0.1, -0.05) is 86.5 Å². The second-order valence-corrected chi connectivity index (χ2v) is 14.9. The van der Waals surface area contributed by atoms with E-state index < -0.39 is 28.1 Å². The van der Waals surface area contributed by atoms with E-state index in [1.807, 2.05) is 81.6 Å². The van der Waals surface area contributed by atoms with Crippen LogP contribution in [0.4, 0.5) is 0 Å². The van der Waals surface area contributed by atoms with E-state index in [0.717, 1.165) is 27.6 Å². The Balaban J connectivity index is 1.40. The average Bonchev–Trinajstić information content (AvgIpc) is 3.48. The third-order valence-electron chi connectivity index (χ3n) is 8.49. The summed E-state index contributed by atoms with van der Waals surface area (Å²) in [5.41, 5.74) is 3.82. The molecule has 4 rings (SSSR count). The predicted octanol–water partition coefficient (Wildman–Crippen LogP) is 5.61. The number of aromatic amines is 1. The number of para-hydroxylation sites is 1. The van der Waals surface area contributed by atoms with Crippen molar-refractivity contribution in [1.29, 1.82) is 0 Å². The third-order valence-corrected chi connectivity index (χ3v) is 10.4. The standard InChI is InChI=1S/C38H48N4O6S/c1-27(2)26-42(49(47,48)32-19-16-28(3)17-20-32)31(24-37(44)45)13-9-10-22-39-38(46)35(23-30-25-40-34-15-8-7-14-33(30)34)41-36(43)21-18-29-11-5-4-6-12-29/h4-8,11-12,14-17,19-20,25,27,31,35,40H,9-10,13,18,21-24,26H2,1-3H3,(H,39,46)(H,41,43)(H,44,45)/t31-,35-/m0/s1. The fraction of sp³-hybridized carbons (Fsp3) is 0.395. The highest BCUT2D eigenvalue weighted by Gasteiger charge is 2.33. The van der Waals surface area contributed by atoms with E-state index in [-0.39, 0.29) is 48.6 Å². The van der Waals surface area contributed by atoms with Crippen LogP contribution in [0.2, 0.25) is 0 Å². The molecule has 0 unspecified atom stereocenters. The summed E-state index contributed by atoms with van der Waals surface area (Å²) in [6, 6.07) is 22.5. The first-order valence-electron chi connectivity index (χ1n) is 16.9. The Kier molecular flexibility index (Phi) is 13.6. The maximum atomic E-state index is 13.7.